The minimum absolute atomic E-state index is 0.0777. The van der Waals surface area contributed by atoms with Crippen LogP contribution < -0.4 is 15.9 Å². The van der Waals surface area contributed by atoms with Crippen LogP contribution in [0.4, 0.5) is 5.95 Å². The molecule has 9 nitrogen and oxygen atoms in total. The number of fused-ring (bicyclic) bond motifs is 3. The maximum absolute atomic E-state index is 13.4. The summed E-state index contributed by atoms with van der Waals surface area (Å²) in [6.45, 7) is 2.15. The van der Waals surface area contributed by atoms with Gasteiger partial charge in [0.25, 0.3) is 5.56 Å². The van der Waals surface area contributed by atoms with Gasteiger partial charge in [-0.1, -0.05) is 40.2 Å². The number of hydroxylamine groups is 1. The molecule has 0 atom stereocenters. The van der Waals surface area contributed by atoms with Crippen LogP contribution in [0.25, 0.3) is 16.7 Å². The van der Waals surface area contributed by atoms with Crippen molar-refractivity contribution in [3.05, 3.63) is 68.4 Å². The van der Waals surface area contributed by atoms with E-state index in [2.05, 4.69) is 31.0 Å². The number of nitrogens with one attached hydrogen (secondary N) is 1. The molecular weight excluding hydrogens is 476 g/mol. The predicted octanol–water partition coefficient (Wildman–Crippen LogP) is 2.50. The molecule has 1 saturated heterocycles. The number of anilines is 1. The molecule has 3 heterocycles. The molecule has 0 spiro atoms. The molecule has 0 radical (unpaired) electrons. The molecule has 0 aliphatic carbocycles. The van der Waals surface area contributed by atoms with Crippen LogP contribution in [0.2, 0.25) is 0 Å². The van der Waals surface area contributed by atoms with Gasteiger partial charge in [0, 0.05) is 17.6 Å². The van der Waals surface area contributed by atoms with Crippen molar-refractivity contribution in [3.8, 4) is 0 Å². The largest absolute Gasteiger partial charge is 0.341 e. The second-order valence-corrected chi connectivity index (χ2v) is 8.83. The summed E-state index contributed by atoms with van der Waals surface area (Å²) in [4.78, 5) is 27.0. The fourth-order valence-electron chi connectivity index (χ4n) is 4.20. The van der Waals surface area contributed by atoms with Crippen LogP contribution in [-0.4, -0.2) is 43.4 Å². The zero-order valence-corrected chi connectivity index (χ0v) is 18.7. The van der Waals surface area contributed by atoms with Gasteiger partial charge in [-0.25, -0.2) is 9.88 Å². The lowest BCUT2D eigenvalue weighted by molar-refractivity contribution is -0.128. The molecule has 32 heavy (non-hydrogen) atoms. The maximum Gasteiger partial charge on any atom is 0.263 e. The van der Waals surface area contributed by atoms with Gasteiger partial charge in [-0.2, -0.15) is 0 Å². The molecular formula is C22H21BrN6O3. The first-order valence-electron chi connectivity index (χ1n) is 10.4. The third kappa shape index (κ3) is 3.65. The number of hydrogen-bond donors (Lipinski definition) is 2. The molecule has 0 unspecified atom stereocenters. The van der Waals surface area contributed by atoms with Crippen LogP contribution in [-0.2, 0) is 17.8 Å². The molecule has 1 amide bonds. The molecule has 10 heteroatoms. The zero-order valence-electron chi connectivity index (χ0n) is 17.2. The van der Waals surface area contributed by atoms with E-state index in [0.717, 1.165) is 53.0 Å². The Morgan fingerprint density at radius 1 is 1.06 bits per heavy atom. The summed E-state index contributed by atoms with van der Waals surface area (Å²) in [7, 11) is 0. The normalized spacial score (nSPS) is 13.9. The standard InChI is InChI=1S/C22H21BrN6O3/c23-16-7-8-18-17(12-16)20(31)28(13-15-5-3-14(4-6-15)11-19(30)26-32)22-25-24-21(29(18)22)27-9-1-2-10-27/h3-8,12,32H,1-2,9-11,13H2,(H,26,30). The zero-order chi connectivity index (χ0) is 22.2. The molecule has 2 N–H and O–H groups in total. The second kappa shape index (κ2) is 8.36. The second-order valence-electron chi connectivity index (χ2n) is 7.91. The molecule has 1 aliphatic heterocycles. The predicted molar refractivity (Wildman–Crippen MR) is 123 cm³/mol. The van der Waals surface area contributed by atoms with Gasteiger partial charge in [0.1, 0.15) is 0 Å². The van der Waals surface area contributed by atoms with Gasteiger partial charge in [-0.05, 0) is 42.2 Å². The quantitative estimate of drug-likeness (QED) is 0.325. The lowest BCUT2D eigenvalue weighted by Crippen LogP contribution is -2.26. The monoisotopic (exact) mass is 496 g/mol. The number of carbonyl (C=O) groups excluding carboxylic acids is 1. The van der Waals surface area contributed by atoms with E-state index in [1.165, 1.54) is 0 Å². The molecule has 2 aromatic heterocycles. The van der Waals surface area contributed by atoms with E-state index in [1.807, 2.05) is 46.9 Å². The highest BCUT2D eigenvalue weighted by atomic mass is 79.9. The van der Waals surface area contributed by atoms with Crippen LogP contribution in [0.3, 0.4) is 0 Å². The molecule has 0 saturated carbocycles. The molecule has 0 bridgehead atoms. The summed E-state index contributed by atoms with van der Waals surface area (Å²) in [6, 6.07) is 13.0. The Labute approximate surface area is 191 Å². The third-order valence-corrected chi connectivity index (χ3v) is 6.28. The Kier molecular flexibility index (Phi) is 5.40. The third-order valence-electron chi connectivity index (χ3n) is 5.79. The van der Waals surface area contributed by atoms with Gasteiger partial charge in [0.2, 0.25) is 17.6 Å². The van der Waals surface area contributed by atoms with Crippen molar-refractivity contribution >= 4 is 44.5 Å². The molecule has 1 aliphatic rings. The minimum Gasteiger partial charge on any atom is -0.341 e. The fourth-order valence-corrected chi connectivity index (χ4v) is 4.56. The lowest BCUT2D eigenvalue weighted by Gasteiger charge is -2.17. The molecule has 4 aromatic rings. The summed E-state index contributed by atoms with van der Waals surface area (Å²) in [5.74, 6) is 0.771. The Morgan fingerprint density at radius 2 is 1.78 bits per heavy atom. The number of hydrogen-bond acceptors (Lipinski definition) is 6. The van der Waals surface area contributed by atoms with Crippen LogP contribution in [0.1, 0.15) is 24.0 Å². The highest BCUT2D eigenvalue weighted by Crippen LogP contribution is 2.25. The molecule has 164 valence electrons. The van der Waals surface area contributed by atoms with E-state index < -0.39 is 5.91 Å². The van der Waals surface area contributed by atoms with E-state index in [0.29, 0.717) is 17.7 Å². The topological polar surface area (TPSA) is 105 Å². The SMILES string of the molecule is O=C(Cc1ccc(Cn2c(=O)c3cc(Br)ccc3n3c(N4CCCC4)nnc23)cc1)NO. The van der Waals surface area contributed by atoms with Crippen LogP contribution in [0.5, 0.6) is 0 Å². The van der Waals surface area contributed by atoms with Gasteiger partial charge in [-0.3, -0.25) is 19.4 Å². The van der Waals surface area contributed by atoms with Crippen molar-refractivity contribution in [3.63, 3.8) is 0 Å². The molecule has 5 rings (SSSR count). The van der Waals surface area contributed by atoms with Gasteiger partial charge >= 0.3 is 0 Å². The first-order valence-corrected chi connectivity index (χ1v) is 11.2. The summed E-state index contributed by atoms with van der Waals surface area (Å²) in [6.07, 6.45) is 2.30. The summed E-state index contributed by atoms with van der Waals surface area (Å²) >= 11 is 3.48. The highest BCUT2D eigenvalue weighted by Gasteiger charge is 2.22. The van der Waals surface area contributed by atoms with E-state index in [1.54, 1.807) is 10.0 Å². The smallest absolute Gasteiger partial charge is 0.263 e. The Balaban J connectivity index is 1.63. The summed E-state index contributed by atoms with van der Waals surface area (Å²) < 4.78 is 4.43. The van der Waals surface area contributed by atoms with E-state index in [4.69, 9.17) is 5.21 Å². The average molecular weight is 497 g/mol. The molecule has 1 fully saturated rings. The number of amides is 1. The van der Waals surface area contributed by atoms with Crippen LogP contribution in [0.15, 0.2) is 51.7 Å². The van der Waals surface area contributed by atoms with Crippen LogP contribution in [0, 0.1) is 0 Å². The van der Waals surface area contributed by atoms with Crippen molar-refractivity contribution in [2.75, 3.05) is 18.0 Å². The van der Waals surface area contributed by atoms with E-state index in [-0.39, 0.29) is 12.0 Å². The number of halogens is 1. The number of rotatable bonds is 5. The number of nitrogens with zero attached hydrogens (tertiary/aromatic N) is 5. The van der Waals surface area contributed by atoms with Crippen molar-refractivity contribution < 1.29 is 10.0 Å². The van der Waals surface area contributed by atoms with Gasteiger partial charge in [0.05, 0.1) is 23.9 Å². The van der Waals surface area contributed by atoms with Gasteiger partial charge in [0.15, 0.2) is 0 Å². The first-order chi connectivity index (χ1) is 15.5. The van der Waals surface area contributed by atoms with Crippen LogP contribution >= 0.6 is 15.9 Å². The van der Waals surface area contributed by atoms with E-state index in [9.17, 15) is 9.59 Å². The Morgan fingerprint density at radius 3 is 2.50 bits per heavy atom. The number of aromatic nitrogens is 4. The van der Waals surface area contributed by atoms with E-state index >= 15 is 0 Å². The lowest BCUT2D eigenvalue weighted by atomic mass is 10.1. The molecule has 2 aromatic carbocycles. The Hall–Kier alpha value is -3.24. The Bertz CT molecular complexity index is 1370. The van der Waals surface area contributed by atoms with Crippen molar-refractivity contribution in [1.82, 2.24) is 24.6 Å². The van der Waals surface area contributed by atoms with Gasteiger partial charge in [-0.15, -0.1) is 10.2 Å². The summed E-state index contributed by atoms with van der Waals surface area (Å²) in [5.41, 5.74) is 3.92. The van der Waals surface area contributed by atoms with Crippen molar-refractivity contribution in [2.45, 2.75) is 25.8 Å². The van der Waals surface area contributed by atoms with Crippen molar-refractivity contribution in [2.24, 2.45) is 0 Å². The first kappa shape index (κ1) is 20.7. The maximum atomic E-state index is 13.4. The number of benzene rings is 2. The minimum atomic E-state index is -0.478. The summed E-state index contributed by atoms with van der Waals surface area (Å²) in [5, 5.41) is 18.1. The average Bonchev–Trinajstić information content (AvgIpc) is 3.47. The highest BCUT2D eigenvalue weighted by molar-refractivity contribution is 9.10. The fraction of sp³-hybridized carbons (Fsp3) is 0.273. The van der Waals surface area contributed by atoms with Crippen molar-refractivity contribution in [1.29, 1.82) is 0 Å². The van der Waals surface area contributed by atoms with Gasteiger partial charge < -0.3 is 4.90 Å². The number of carbonyl (C=O) groups is 1.